The Balaban J connectivity index is 2.24. The molecule has 1 aromatic heterocycles. The van der Waals surface area contributed by atoms with Crippen molar-refractivity contribution in [2.45, 2.75) is 13.1 Å². The smallest absolute Gasteiger partial charge is 0.383 e. The number of hydrogen-bond acceptors (Lipinski definition) is 4. The molecule has 0 fully saturated rings. The third-order valence-electron chi connectivity index (χ3n) is 1.96. The lowest BCUT2D eigenvalue weighted by Crippen LogP contribution is -2.20. The first-order valence-corrected chi connectivity index (χ1v) is 5.59. The largest absolute Gasteiger partial charge is 0.411 e. The van der Waals surface area contributed by atoms with Crippen LogP contribution >= 0.6 is 0 Å². The molecule has 0 atom stereocenters. The summed E-state index contributed by atoms with van der Waals surface area (Å²) in [5.41, 5.74) is 0.788. The molecule has 0 aliphatic heterocycles. The van der Waals surface area contributed by atoms with Crippen LogP contribution in [-0.4, -0.2) is 37.5 Å². The molecule has 1 rings (SSSR count). The second-order valence-corrected chi connectivity index (χ2v) is 3.55. The Morgan fingerprint density at radius 1 is 1.33 bits per heavy atom. The fourth-order valence-corrected chi connectivity index (χ4v) is 1.27. The quantitative estimate of drug-likeness (QED) is 0.742. The Hall–Kier alpha value is -1.50. The third-order valence-corrected chi connectivity index (χ3v) is 1.96. The lowest BCUT2D eigenvalue weighted by molar-refractivity contribution is -0.172. The highest BCUT2D eigenvalue weighted by atomic mass is 19.4. The van der Waals surface area contributed by atoms with Crippen molar-refractivity contribution in [2.24, 2.45) is 0 Å². The molecule has 0 amide bonds. The molecule has 0 aromatic carbocycles. The molecule has 0 saturated heterocycles. The van der Waals surface area contributed by atoms with Gasteiger partial charge in [0.15, 0.2) is 0 Å². The summed E-state index contributed by atoms with van der Waals surface area (Å²) < 4.78 is 39.8. The van der Waals surface area contributed by atoms with Crippen LogP contribution in [0.3, 0.4) is 0 Å². The average molecular weight is 263 g/mol. The number of nitrogens with one attached hydrogen (secondary N) is 2. The Kier molecular flexibility index (Phi) is 5.70. The van der Waals surface area contributed by atoms with Gasteiger partial charge in [0.25, 0.3) is 0 Å². The number of halogens is 3. The highest BCUT2D eigenvalue weighted by molar-refractivity contribution is 5.51. The molecule has 1 heterocycles. The Morgan fingerprint density at radius 3 is 2.78 bits per heavy atom. The minimum atomic E-state index is -4.27. The van der Waals surface area contributed by atoms with Gasteiger partial charge in [-0.2, -0.15) is 13.2 Å². The fourth-order valence-electron chi connectivity index (χ4n) is 1.27. The number of ether oxygens (including phenoxy) is 1. The van der Waals surface area contributed by atoms with Gasteiger partial charge >= 0.3 is 6.18 Å². The second-order valence-electron chi connectivity index (χ2n) is 3.55. The zero-order chi connectivity index (χ0) is 13.4. The molecule has 0 aliphatic carbocycles. The summed E-state index contributed by atoms with van der Waals surface area (Å²) >= 11 is 0. The van der Waals surface area contributed by atoms with E-state index in [0.29, 0.717) is 6.54 Å². The van der Waals surface area contributed by atoms with Crippen molar-refractivity contribution in [3.63, 3.8) is 0 Å². The van der Waals surface area contributed by atoms with Gasteiger partial charge in [-0.3, -0.25) is 0 Å². The summed E-state index contributed by atoms with van der Waals surface area (Å²) in [6.07, 6.45) is -2.65. The molecule has 4 nitrogen and oxygen atoms in total. The van der Waals surface area contributed by atoms with E-state index in [9.17, 15) is 13.2 Å². The third kappa shape index (κ3) is 6.29. The first kappa shape index (κ1) is 14.6. The first-order valence-electron chi connectivity index (χ1n) is 5.59. The molecule has 0 saturated carbocycles. The van der Waals surface area contributed by atoms with Gasteiger partial charge in [0.2, 0.25) is 0 Å². The molecule has 0 spiro atoms. The summed E-state index contributed by atoms with van der Waals surface area (Å²) in [5.74, 6) is 0.721. The van der Waals surface area contributed by atoms with Crippen molar-refractivity contribution < 1.29 is 17.9 Å². The van der Waals surface area contributed by atoms with Crippen molar-refractivity contribution in [1.82, 2.24) is 4.98 Å². The van der Waals surface area contributed by atoms with E-state index in [2.05, 4.69) is 20.4 Å². The predicted octanol–water partition coefficient (Wildman–Crippen LogP) is 2.50. The van der Waals surface area contributed by atoms with E-state index in [1.54, 1.807) is 18.3 Å². The van der Waals surface area contributed by atoms with Crippen molar-refractivity contribution in [3.8, 4) is 0 Å². The second kappa shape index (κ2) is 7.05. The standard InChI is InChI=1S/C11H16F3N3O/c1-2-15-10-7-9(3-4-17-10)16-5-6-18-8-11(12,13)14/h3-4,7H,2,5-6,8H2,1H3,(H2,15,16,17). The van der Waals surface area contributed by atoms with Gasteiger partial charge in [-0.25, -0.2) is 4.98 Å². The van der Waals surface area contributed by atoms with E-state index in [-0.39, 0.29) is 6.61 Å². The molecular weight excluding hydrogens is 247 g/mol. The van der Waals surface area contributed by atoms with E-state index in [4.69, 9.17) is 0 Å². The van der Waals surface area contributed by atoms with Crippen LogP contribution in [0.5, 0.6) is 0 Å². The van der Waals surface area contributed by atoms with Gasteiger partial charge in [-0.15, -0.1) is 0 Å². The van der Waals surface area contributed by atoms with E-state index in [0.717, 1.165) is 18.1 Å². The van der Waals surface area contributed by atoms with Crippen molar-refractivity contribution >= 4 is 11.5 Å². The van der Waals surface area contributed by atoms with Crippen LogP contribution in [0.15, 0.2) is 18.3 Å². The van der Waals surface area contributed by atoms with E-state index in [1.807, 2.05) is 6.92 Å². The number of anilines is 2. The number of pyridine rings is 1. The molecular formula is C11H16F3N3O. The maximum atomic E-state index is 11.8. The van der Waals surface area contributed by atoms with Crippen molar-refractivity contribution in [1.29, 1.82) is 0 Å². The summed E-state index contributed by atoms with van der Waals surface area (Å²) in [6, 6.07) is 3.53. The predicted molar refractivity (Wildman–Crippen MR) is 63.8 cm³/mol. The fraction of sp³-hybridized carbons (Fsp3) is 0.545. The zero-order valence-corrected chi connectivity index (χ0v) is 10.0. The van der Waals surface area contributed by atoms with Crippen LogP contribution in [0.25, 0.3) is 0 Å². The van der Waals surface area contributed by atoms with Crippen LogP contribution in [-0.2, 0) is 4.74 Å². The lowest BCUT2D eigenvalue weighted by Gasteiger charge is -2.10. The van der Waals surface area contributed by atoms with Gasteiger partial charge in [-0.05, 0) is 13.0 Å². The highest BCUT2D eigenvalue weighted by Gasteiger charge is 2.27. The molecule has 2 N–H and O–H groups in total. The summed E-state index contributed by atoms with van der Waals surface area (Å²) in [6.45, 7) is 1.80. The molecule has 7 heteroatoms. The van der Waals surface area contributed by atoms with Gasteiger partial charge in [-0.1, -0.05) is 0 Å². The summed E-state index contributed by atoms with van der Waals surface area (Å²) in [4.78, 5) is 4.07. The monoisotopic (exact) mass is 263 g/mol. The number of rotatable bonds is 7. The lowest BCUT2D eigenvalue weighted by atomic mass is 10.4. The molecule has 0 bridgehead atoms. The maximum absolute atomic E-state index is 11.8. The number of nitrogens with zero attached hydrogens (tertiary/aromatic N) is 1. The van der Waals surface area contributed by atoms with E-state index < -0.39 is 12.8 Å². The first-order chi connectivity index (χ1) is 8.51. The molecule has 0 radical (unpaired) electrons. The van der Waals surface area contributed by atoms with Gasteiger partial charge in [0.1, 0.15) is 12.4 Å². The highest BCUT2D eigenvalue weighted by Crippen LogP contribution is 2.14. The molecule has 102 valence electrons. The Morgan fingerprint density at radius 2 is 2.11 bits per heavy atom. The summed E-state index contributed by atoms with van der Waals surface area (Å²) in [7, 11) is 0. The molecule has 1 aromatic rings. The van der Waals surface area contributed by atoms with Crippen molar-refractivity contribution in [2.75, 3.05) is 36.9 Å². The van der Waals surface area contributed by atoms with Crippen LogP contribution in [0.4, 0.5) is 24.7 Å². The Labute approximate surface area is 104 Å². The van der Waals surface area contributed by atoms with Gasteiger partial charge < -0.3 is 15.4 Å². The van der Waals surface area contributed by atoms with Gasteiger partial charge in [0, 0.05) is 31.0 Å². The van der Waals surface area contributed by atoms with Crippen molar-refractivity contribution in [3.05, 3.63) is 18.3 Å². The summed E-state index contributed by atoms with van der Waals surface area (Å²) in [5, 5.41) is 6.00. The topological polar surface area (TPSA) is 46.2 Å². The maximum Gasteiger partial charge on any atom is 0.411 e. The minimum Gasteiger partial charge on any atom is -0.383 e. The van der Waals surface area contributed by atoms with Crippen LogP contribution in [0, 0.1) is 0 Å². The normalized spacial score (nSPS) is 11.3. The molecule has 18 heavy (non-hydrogen) atoms. The number of hydrogen-bond donors (Lipinski definition) is 2. The molecule has 0 aliphatic rings. The van der Waals surface area contributed by atoms with E-state index in [1.165, 1.54) is 0 Å². The van der Waals surface area contributed by atoms with Gasteiger partial charge in [0.05, 0.1) is 6.61 Å². The Bertz CT molecular complexity index is 358. The van der Waals surface area contributed by atoms with E-state index >= 15 is 0 Å². The SMILES string of the molecule is CCNc1cc(NCCOCC(F)(F)F)ccn1. The average Bonchev–Trinajstić information content (AvgIpc) is 2.28. The minimum absolute atomic E-state index is 0.00161. The van der Waals surface area contributed by atoms with Crippen LogP contribution < -0.4 is 10.6 Å². The molecule has 0 unspecified atom stereocenters. The van der Waals surface area contributed by atoms with Crippen LogP contribution in [0.1, 0.15) is 6.92 Å². The number of alkyl halides is 3. The van der Waals surface area contributed by atoms with Crippen LogP contribution in [0.2, 0.25) is 0 Å². The number of aromatic nitrogens is 1. The zero-order valence-electron chi connectivity index (χ0n) is 10.0.